The van der Waals surface area contributed by atoms with Crippen LogP contribution in [0.5, 0.6) is 11.5 Å². The summed E-state index contributed by atoms with van der Waals surface area (Å²) in [6, 6.07) is 113. The van der Waals surface area contributed by atoms with E-state index in [0.29, 0.717) is 67.0 Å². The van der Waals surface area contributed by atoms with E-state index in [0.717, 1.165) is 103 Å². The maximum atomic E-state index is 13.4. The lowest BCUT2D eigenvalue weighted by Gasteiger charge is -2.11. The van der Waals surface area contributed by atoms with Crippen LogP contribution in [0.4, 0.5) is 0 Å². The number of aryl methyl sites for hydroxylation is 4. The molecule has 0 radical (unpaired) electrons. The van der Waals surface area contributed by atoms with Gasteiger partial charge in [0.05, 0.1) is 47.6 Å². The van der Waals surface area contributed by atoms with Crippen LogP contribution in [0, 0.1) is 27.7 Å². The second kappa shape index (κ2) is 43.3. The topological polar surface area (TPSA) is 345 Å². The van der Waals surface area contributed by atoms with Gasteiger partial charge >= 0.3 is 35.8 Å². The number of fused-ring (bicyclic) bond motifs is 8. The summed E-state index contributed by atoms with van der Waals surface area (Å²) in [4.78, 5) is 146. The molecule has 0 aromatic heterocycles. The largest absolute Gasteiger partial charge is 0.496 e. The van der Waals surface area contributed by atoms with Gasteiger partial charge in [0, 0.05) is 82.9 Å². The van der Waals surface area contributed by atoms with Gasteiger partial charge in [-0.3, -0.25) is 28.8 Å². The third-order valence-corrected chi connectivity index (χ3v) is 24.6. The van der Waals surface area contributed by atoms with E-state index in [2.05, 4.69) is 0 Å². The Morgan fingerprint density at radius 2 is 0.394 bits per heavy atom. The molecule has 20 aromatic rings. The smallest absolute Gasteiger partial charge is 0.336 e. The number of carbonyl (C=O) groups excluding carboxylic acids is 6. The van der Waals surface area contributed by atoms with Crippen molar-refractivity contribution >= 4 is 157 Å². The zero-order chi connectivity index (χ0) is 101. The van der Waals surface area contributed by atoms with Crippen molar-refractivity contribution < 1.29 is 97.6 Å². The van der Waals surface area contributed by atoms with Crippen molar-refractivity contribution in [1.82, 2.24) is 0 Å². The SMILES string of the molecule is COc1ccc(C(=O)c2ccc(C(=O)O)cc2)c2ccccc12.COc1ccc(C(=O)c2ccccc2C(=O)O)c2ccccc12.Cc1ccc(C(=O)c2cc3ccccc3cc2C(=O)O)c2ccccc12.Cc1ccc(C(=O)c2ccc(C(=O)O)cc2)c2ccccc12.Cc1ccc(C(=O)c2cccc3cccc(C(=O)O)c23)c2ccccc12.Cc1ccc(C(=O)c2ccccc2C(=O)O)c2ccccc12. The number of ketones is 6. The molecule has 696 valence electrons. The maximum absolute atomic E-state index is 13.4. The predicted molar refractivity (Wildman–Crippen MR) is 552 cm³/mol. The summed E-state index contributed by atoms with van der Waals surface area (Å²) in [5.74, 6) is -6.28. The van der Waals surface area contributed by atoms with Gasteiger partial charge in [0.15, 0.2) is 34.7 Å². The Labute approximate surface area is 813 Å². The highest BCUT2D eigenvalue weighted by molar-refractivity contribution is 6.27. The van der Waals surface area contributed by atoms with E-state index in [1.54, 1.807) is 123 Å². The monoisotopic (exact) mass is 1870 g/mol. The summed E-state index contributed by atoms with van der Waals surface area (Å²) >= 11 is 0. The van der Waals surface area contributed by atoms with Gasteiger partial charge in [-0.05, 0) is 199 Å². The second-order valence-electron chi connectivity index (χ2n) is 33.1. The third kappa shape index (κ3) is 20.7. The fraction of sp³-hybridized carbons (Fsp3) is 0.0492. The Morgan fingerprint density at radius 1 is 0.169 bits per heavy atom. The molecular formula is C122H88O20. The zero-order valence-corrected chi connectivity index (χ0v) is 77.3. The van der Waals surface area contributed by atoms with Gasteiger partial charge in [-0.15, -0.1) is 0 Å². The van der Waals surface area contributed by atoms with Crippen molar-refractivity contribution in [2.75, 3.05) is 14.2 Å². The number of aromatic carboxylic acids is 6. The highest BCUT2D eigenvalue weighted by Gasteiger charge is 2.27. The van der Waals surface area contributed by atoms with Crippen LogP contribution in [-0.2, 0) is 0 Å². The fourth-order valence-corrected chi connectivity index (χ4v) is 17.4. The molecule has 0 atom stereocenters. The fourth-order valence-electron chi connectivity index (χ4n) is 17.4. The first-order valence-corrected chi connectivity index (χ1v) is 44.7. The number of hydrogen-bond acceptors (Lipinski definition) is 14. The Balaban J connectivity index is 0.000000129. The van der Waals surface area contributed by atoms with Gasteiger partial charge in [0.1, 0.15) is 11.5 Å². The highest BCUT2D eigenvalue weighted by Crippen LogP contribution is 2.37. The minimum atomic E-state index is -1.12. The van der Waals surface area contributed by atoms with Crippen molar-refractivity contribution in [3.05, 3.63) is 511 Å². The average Bonchev–Trinajstić information content (AvgIpc) is 0.737. The molecule has 0 aliphatic rings. The molecule has 0 spiro atoms. The Morgan fingerprint density at radius 3 is 0.704 bits per heavy atom. The molecule has 20 heteroatoms. The molecule has 20 aromatic carbocycles. The Hall–Kier alpha value is -19.1. The van der Waals surface area contributed by atoms with E-state index >= 15 is 0 Å². The van der Waals surface area contributed by atoms with Gasteiger partial charge in [0.2, 0.25) is 0 Å². The Bertz CT molecular complexity index is 8500. The zero-order valence-electron chi connectivity index (χ0n) is 77.3. The molecule has 0 heterocycles. The van der Waals surface area contributed by atoms with E-state index in [1.165, 1.54) is 60.7 Å². The molecule has 0 amide bonds. The molecule has 0 bridgehead atoms. The minimum absolute atomic E-state index is 0.00241. The molecule has 20 rings (SSSR count). The normalized spacial score (nSPS) is 10.7. The summed E-state index contributed by atoms with van der Waals surface area (Å²) in [6.07, 6.45) is 0. The number of rotatable bonds is 20. The van der Waals surface area contributed by atoms with E-state index in [-0.39, 0.29) is 84.8 Å². The van der Waals surface area contributed by atoms with Crippen LogP contribution in [-0.4, -0.2) is 115 Å². The highest BCUT2D eigenvalue weighted by atomic mass is 16.5. The van der Waals surface area contributed by atoms with Gasteiger partial charge in [-0.1, -0.05) is 309 Å². The maximum Gasteiger partial charge on any atom is 0.336 e. The van der Waals surface area contributed by atoms with Crippen molar-refractivity contribution in [2.45, 2.75) is 27.7 Å². The number of benzene rings is 20. The lowest BCUT2D eigenvalue weighted by molar-refractivity contribution is 0.0683. The first-order valence-electron chi connectivity index (χ1n) is 44.7. The molecule has 0 aliphatic heterocycles. The molecule has 0 saturated heterocycles. The molecule has 0 aliphatic carbocycles. The summed E-state index contributed by atoms with van der Waals surface area (Å²) < 4.78 is 10.7. The van der Waals surface area contributed by atoms with E-state index in [4.69, 9.17) is 19.7 Å². The first-order chi connectivity index (χ1) is 68.5. The predicted octanol–water partition coefficient (Wildman–Crippen LogP) is 26.2. The Kier molecular flexibility index (Phi) is 29.7. The third-order valence-electron chi connectivity index (χ3n) is 24.6. The number of methoxy groups -OCH3 is 2. The summed E-state index contributed by atoms with van der Waals surface area (Å²) in [5, 5.41) is 69.2. The summed E-state index contributed by atoms with van der Waals surface area (Å²) in [6.45, 7) is 8.01. The van der Waals surface area contributed by atoms with E-state index in [1.807, 2.05) is 246 Å². The van der Waals surface area contributed by atoms with Crippen LogP contribution in [0.2, 0.25) is 0 Å². The molecular weight excluding hydrogens is 1790 g/mol. The molecule has 0 unspecified atom stereocenters. The van der Waals surface area contributed by atoms with Gasteiger partial charge in [-0.2, -0.15) is 0 Å². The minimum Gasteiger partial charge on any atom is -0.496 e. The van der Waals surface area contributed by atoms with E-state index < -0.39 is 35.8 Å². The van der Waals surface area contributed by atoms with Crippen molar-refractivity contribution in [2.24, 2.45) is 0 Å². The van der Waals surface area contributed by atoms with Crippen LogP contribution < -0.4 is 9.47 Å². The number of carboxylic acid groups (broad SMARTS) is 6. The molecule has 20 nitrogen and oxygen atoms in total. The lowest BCUT2D eigenvalue weighted by Crippen LogP contribution is -2.10. The average molecular weight is 1870 g/mol. The first kappa shape index (κ1) is 97.5. The number of carboxylic acids is 6. The van der Waals surface area contributed by atoms with Gasteiger partial charge in [0.25, 0.3) is 0 Å². The van der Waals surface area contributed by atoms with Gasteiger partial charge in [-0.25, -0.2) is 28.8 Å². The lowest BCUT2D eigenvalue weighted by atomic mass is 9.91. The van der Waals surface area contributed by atoms with Crippen LogP contribution in [0.15, 0.2) is 388 Å². The summed E-state index contributed by atoms with van der Waals surface area (Å²) in [5.41, 5.74) is 10.1. The number of carbonyl (C=O) groups is 12. The number of ether oxygens (including phenoxy) is 2. The van der Waals surface area contributed by atoms with Crippen LogP contribution in [0.25, 0.3) is 86.2 Å². The van der Waals surface area contributed by atoms with Crippen LogP contribution >= 0.6 is 0 Å². The molecule has 142 heavy (non-hydrogen) atoms. The van der Waals surface area contributed by atoms with Crippen LogP contribution in [0.3, 0.4) is 0 Å². The number of hydrogen-bond donors (Lipinski definition) is 6. The second-order valence-corrected chi connectivity index (χ2v) is 33.1. The van der Waals surface area contributed by atoms with Crippen molar-refractivity contribution in [3.63, 3.8) is 0 Å². The van der Waals surface area contributed by atoms with E-state index in [9.17, 15) is 78.0 Å². The molecule has 0 fully saturated rings. The van der Waals surface area contributed by atoms with Crippen LogP contribution in [0.1, 0.15) is 180 Å². The summed E-state index contributed by atoms with van der Waals surface area (Å²) in [7, 11) is 3.16. The van der Waals surface area contributed by atoms with Crippen molar-refractivity contribution in [3.8, 4) is 11.5 Å². The quantitative estimate of drug-likeness (QED) is 0.0386. The molecule has 0 saturated carbocycles. The van der Waals surface area contributed by atoms with Gasteiger partial charge < -0.3 is 40.1 Å². The van der Waals surface area contributed by atoms with Crippen molar-refractivity contribution in [1.29, 1.82) is 0 Å². The molecule has 6 N–H and O–H groups in total. The standard InChI is InChI=1S/2C23H16O3.2C19H14O4.2C19H14O3/c1-14-12-13-18(17-9-3-2-8-16(14)17)22(24)19-10-4-6-15-7-5-11-20(21(15)19)23(25)26;1-14-10-11-19(18-9-5-4-8-17(14)18)22(24)20-12-15-6-2-3-7-16(15)13-21(20)23(25)26;1-23-17-11-10-15(12-6-2-3-7-13(12)17)18(20)14-8-4-5-9-16(14)19(21)22;1-23-17-11-10-16(14-4-2-3-5-15(14)17)18(20)12-6-8-13(9-7-12)19(21)22;1-12-10-11-16(14-7-3-2-6-13(12)14)18(20)15-8-4-5-9-17(15)19(21)22;1-12-6-11-17(16-5-3-2-4-15(12)16)18(20)13-7-9-14(10-8-13)19(21)22/h2*2-13H,1H3,(H,25,26);2*2-11H,1H3,(H,21,22);2*2-11H,1H3,(H,21,22).